The SMILES string of the molecule is Cc1ncsc1C(=O)N1CCC2(CC1)CN(c1ccc(F)cc1)C(=O)CO2. The molecule has 2 aliphatic rings. The van der Waals surface area contributed by atoms with Crippen molar-refractivity contribution in [1.29, 1.82) is 0 Å². The second kappa shape index (κ2) is 7.01. The van der Waals surface area contributed by atoms with Gasteiger partial charge in [-0.3, -0.25) is 9.59 Å². The molecule has 2 saturated heterocycles. The molecule has 0 atom stereocenters. The average Bonchev–Trinajstić information content (AvgIpc) is 3.11. The second-order valence-corrected chi connectivity index (χ2v) is 7.84. The monoisotopic (exact) mass is 389 g/mol. The highest BCUT2D eigenvalue weighted by Crippen LogP contribution is 2.33. The first-order valence-electron chi connectivity index (χ1n) is 8.87. The Morgan fingerprint density at radius 2 is 1.96 bits per heavy atom. The summed E-state index contributed by atoms with van der Waals surface area (Å²) in [4.78, 5) is 33.3. The number of hydrogen-bond donors (Lipinski definition) is 0. The van der Waals surface area contributed by atoms with Gasteiger partial charge in [-0.25, -0.2) is 9.37 Å². The first-order valence-corrected chi connectivity index (χ1v) is 9.75. The lowest BCUT2D eigenvalue weighted by Gasteiger charge is -2.46. The smallest absolute Gasteiger partial charge is 0.265 e. The minimum absolute atomic E-state index is 0.000719. The number of amides is 2. The number of morpholine rings is 1. The lowest BCUT2D eigenvalue weighted by atomic mass is 9.89. The summed E-state index contributed by atoms with van der Waals surface area (Å²) in [7, 11) is 0. The van der Waals surface area contributed by atoms with E-state index >= 15 is 0 Å². The third-order valence-corrected chi connectivity index (χ3v) is 6.21. The number of likely N-dealkylation sites (tertiary alicyclic amines) is 1. The zero-order valence-corrected chi connectivity index (χ0v) is 15.8. The van der Waals surface area contributed by atoms with Gasteiger partial charge in [0.15, 0.2) is 0 Å². The van der Waals surface area contributed by atoms with Crippen LogP contribution in [0.3, 0.4) is 0 Å². The number of anilines is 1. The Balaban J connectivity index is 1.46. The number of rotatable bonds is 2. The molecule has 0 unspecified atom stereocenters. The van der Waals surface area contributed by atoms with Crippen molar-refractivity contribution < 1.29 is 18.7 Å². The maximum absolute atomic E-state index is 13.2. The Morgan fingerprint density at radius 1 is 1.26 bits per heavy atom. The molecule has 1 aromatic heterocycles. The van der Waals surface area contributed by atoms with Gasteiger partial charge in [0.2, 0.25) is 0 Å². The molecular weight excluding hydrogens is 369 g/mol. The Hall–Kier alpha value is -2.32. The van der Waals surface area contributed by atoms with Crippen molar-refractivity contribution >= 4 is 28.8 Å². The molecular formula is C19H20FN3O3S. The van der Waals surface area contributed by atoms with Crippen molar-refractivity contribution in [2.45, 2.75) is 25.4 Å². The molecule has 3 heterocycles. The molecule has 2 aromatic rings. The van der Waals surface area contributed by atoms with Gasteiger partial charge < -0.3 is 14.5 Å². The molecule has 2 amide bonds. The molecule has 27 heavy (non-hydrogen) atoms. The number of halogens is 1. The predicted molar refractivity (Wildman–Crippen MR) is 99.4 cm³/mol. The summed E-state index contributed by atoms with van der Waals surface area (Å²) in [6, 6.07) is 5.92. The Labute approximate surface area is 160 Å². The number of hydrogen-bond acceptors (Lipinski definition) is 5. The Morgan fingerprint density at radius 3 is 2.59 bits per heavy atom. The third kappa shape index (κ3) is 3.46. The van der Waals surface area contributed by atoms with Crippen LogP contribution in [0.1, 0.15) is 28.2 Å². The quantitative estimate of drug-likeness (QED) is 0.792. The Kier molecular flexibility index (Phi) is 4.69. The summed E-state index contributed by atoms with van der Waals surface area (Å²) in [6.07, 6.45) is 1.31. The van der Waals surface area contributed by atoms with Crippen LogP contribution < -0.4 is 4.90 Å². The molecule has 0 bridgehead atoms. The van der Waals surface area contributed by atoms with Gasteiger partial charge >= 0.3 is 0 Å². The summed E-state index contributed by atoms with van der Waals surface area (Å²) in [5.41, 5.74) is 2.64. The second-order valence-electron chi connectivity index (χ2n) is 6.99. The number of ether oxygens (including phenoxy) is 1. The van der Waals surface area contributed by atoms with Crippen molar-refractivity contribution in [1.82, 2.24) is 9.88 Å². The first-order chi connectivity index (χ1) is 13.0. The highest BCUT2D eigenvalue weighted by atomic mass is 32.1. The molecule has 0 radical (unpaired) electrons. The van der Waals surface area contributed by atoms with Crippen LogP contribution in [0.15, 0.2) is 29.8 Å². The molecule has 2 fully saturated rings. The summed E-state index contributed by atoms with van der Waals surface area (Å²) in [5, 5.41) is 0. The van der Waals surface area contributed by atoms with Gasteiger partial charge in [-0.2, -0.15) is 0 Å². The first kappa shape index (κ1) is 18.1. The van der Waals surface area contributed by atoms with Crippen LogP contribution in [-0.4, -0.2) is 53.5 Å². The van der Waals surface area contributed by atoms with E-state index in [9.17, 15) is 14.0 Å². The third-order valence-electron chi connectivity index (χ3n) is 5.29. The standard InChI is InChI=1S/C19H20FN3O3S/c1-13-17(27-12-21-13)18(25)22-8-6-19(7-9-22)11-23(16(24)10-26-19)15-4-2-14(20)3-5-15/h2-5,12H,6-11H2,1H3. The predicted octanol–water partition coefficient (Wildman–Crippen LogP) is 2.63. The number of aromatic nitrogens is 1. The number of benzene rings is 1. The van der Waals surface area contributed by atoms with Gasteiger partial charge in [0.1, 0.15) is 17.3 Å². The molecule has 6 nitrogen and oxygen atoms in total. The van der Waals surface area contributed by atoms with Gasteiger partial charge in [-0.05, 0) is 44.0 Å². The summed E-state index contributed by atoms with van der Waals surface area (Å²) >= 11 is 1.36. The molecule has 142 valence electrons. The van der Waals surface area contributed by atoms with Crippen LogP contribution in [0.25, 0.3) is 0 Å². The number of carbonyl (C=O) groups is 2. The number of aryl methyl sites for hydroxylation is 1. The van der Waals surface area contributed by atoms with Crippen molar-refractivity contribution in [3.63, 3.8) is 0 Å². The van der Waals surface area contributed by atoms with Gasteiger partial charge in [0.25, 0.3) is 11.8 Å². The van der Waals surface area contributed by atoms with Crippen LogP contribution >= 0.6 is 11.3 Å². The van der Waals surface area contributed by atoms with Gasteiger partial charge in [0.05, 0.1) is 23.4 Å². The van der Waals surface area contributed by atoms with Crippen molar-refractivity contribution in [2.75, 3.05) is 31.1 Å². The molecule has 1 spiro atoms. The van der Waals surface area contributed by atoms with Crippen LogP contribution in [0.2, 0.25) is 0 Å². The topological polar surface area (TPSA) is 62.7 Å². The fraction of sp³-hybridized carbons (Fsp3) is 0.421. The van der Waals surface area contributed by atoms with E-state index in [2.05, 4.69) is 4.98 Å². The highest BCUT2D eigenvalue weighted by Gasteiger charge is 2.43. The van der Waals surface area contributed by atoms with Gasteiger partial charge in [-0.1, -0.05) is 0 Å². The lowest BCUT2D eigenvalue weighted by Crippen LogP contribution is -2.59. The number of thiazole rings is 1. The zero-order chi connectivity index (χ0) is 19.0. The summed E-state index contributed by atoms with van der Waals surface area (Å²) in [5.74, 6) is -0.461. The zero-order valence-electron chi connectivity index (χ0n) is 15.0. The molecule has 1 aromatic carbocycles. The molecule has 0 aliphatic carbocycles. The van der Waals surface area contributed by atoms with E-state index in [1.54, 1.807) is 22.5 Å². The summed E-state index contributed by atoms with van der Waals surface area (Å²) < 4.78 is 19.1. The molecule has 2 aliphatic heterocycles. The molecule has 4 rings (SSSR count). The van der Waals surface area contributed by atoms with Crippen LogP contribution in [0, 0.1) is 12.7 Å². The van der Waals surface area contributed by atoms with E-state index < -0.39 is 5.60 Å². The van der Waals surface area contributed by atoms with Crippen LogP contribution in [-0.2, 0) is 9.53 Å². The van der Waals surface area contributed by atoms with E-state index in [0.29, 0.717) is 43.0 Å². The van der Waals surface area contributed by atoms with E-state index in [4.69, 9.17) is 4.74 Å². The van der Waals surface area contributed by atoms with Gasteiger partial charge in [0, 0.05) is 18.8 Å². The number of carbonyl (C=O) groups excluding carboxylic acids is 2. The minimum Gasteiger partial charge on any atom is -0.363 e. The maximum atomic E-state index is 13.2. The average molecular weight is 389 g/mol. The number of nitrogens with zero attached hydrogens (tertiary/aromatic N) is 3. The van der Waals surface area contributed by atoms with E-state index in [-0.39, 0.29) is 24.2 Å². The van der Waals surface area contributed by atoms with Gasteiger partial charge in [-0.15, -0.1) is 11.3 Å². The lowest BCUT2D eigenvalue weighted by molar-refractivity contribution is -0.143. The minimum atomic E-state index is -0.470. The highest BCUT2D eigenvalue weighted by molar-refractivity contribution is 7.11. The molecule has 0 N–H and O–H groups in total. The van der Waals surface area contributed by atoms with Crippen molar-refractivity contribution in [3.05, 3.63) is 46.2 Å². The normalized spacial score (nSPS) is 19.6. The van der Waals surface area contributed by atoms with Crippen molar-refractivity contribution in [2.24, 2.45) is 0 Å². The largest absolute Gasteiger partial charge is 0.363 e. The van der Waals surface area contributed by atoms with E-state index in [0.717, 1.165) is 5.69 Å². The van der Waals surface area contributed by atoms with Crippen molar-refractivity contribution in [3.8, 4) is 0 Å². The van der Waals surface area contributed by atoms with E-state index in [1.807, 2.05) is 11.8 Å². The van der Waals surface area contributed by atoms with Crippen LogP contribution in [0.4, 0.5) is 10.1 Å². The van der Waals surface area contributed by atoms with E-state index in [1.165, 1.54) is 23.5 Å². The Bertz CT molecular complexity index is 859. The molecule has 8 heteroatoms. The maximum Gasteiger partial charge on any atom is 0.265 e. The fourth-order valence-electron chi connectivity index (χ4n) is 3.64. The van der Waals surface area contributed by atoms with Crippen LogP contribution in [0.5, 0.6) is 0 Å². The number of piperidine rings is 1. The molecule has 0 saturated carbocycles. The summed E-state index contributed by atoms with van der Waals surface area (Å²) in [6.45, 7) is 3.40. The fourth-order valence-corrected chi connectivity index (χ4v) is 4.41.